The Morgan fingerprint density at radius 1 is 0.463 bits per heavy atom. The first-order valence-electron chi connectivity index (χ1n) is 27.1. The van der Waals surface area contributed by atoms with Gasteiger partial charge in [-0.25, -0.2) is 4.57 Å². The number of aliphatic hydroxyl groups excluding tert-OH is 5. The topological polar surface area (TPSA) is 210 Å². The van der Waals surface area contributed by atoms with Crippen molar-refractivity contribution in [3.8, 4) is 0 Å². The molecule has 0 aliphatic heterocycles. The summed E-state index contributed by atoms with van der Waals surface area (Å²) in [5.74, 6) is -1.09. The number of carbonyl (C=O) groups is 2. The molecule has 0 amide bonds. The Morgan fingerprint density at radius 2 is 0.806 bits per heavy atom. The van der Waals surface area contributed by atoms with E-state index in [9.17, 15) is 44.6 Å². The maximum absolute atomic E-state index is 12.9. The van der Waals surface area contributed by atoms with Gasteiger partial charge in [-0.2, -0.15) is 0 Å². The van der Waals surface area contributed by atoms with Crippen molar-refractivity contribution in [2.24, 2.45) is 0 Å². The monoisotopic (exact) mass is 975 g/mol. The van der Waals surface area contributed by atoms with E-state index in [0.29, 0.717) is 12.8 Å². The number of carbonyl (C=O) groups excluding carboxylic acids is 2. The lowest BCUT2D eigenvalue weighted by Crippen LogP contribution is -2.64. The molecule has 0 radical (unpaired) electrons. The maximum Gasteiger partial charge on any atom is 0.472 e. The highest BCUT2D eigenvalue weighted by Crippen LogP contribution is 2.47. The molecule has 67 heavy (non-hydrogen) atoms. The summed E-state index contributed by atoms with van der Waals surface area (Å²) in [5, 5.41) is 50.3. The van der Waals surface area contributed by atoms with Crippen LogP contribution in [0.3, 0.4) is 0 Å². The highest BCUT2D eigenvalue weighted by Gasteiger charge is 2.51. The van der Waals surface area contributed by atoms with Gasteiger partial charge in [0, 0.05) is 12.8 Å². The van der Waals surface area contributed by atoms with Crippen LogP contribution in [0.25, 0.3) is 0 Å². The van der Waals surface area contributed by atoms with Gasteiger partial charge in [-0.05, 0) is 44.9 Å². The van der Waals surface area contributed by atoms with Gasteiger partial charge in [-0.3, -0.25) is 18.6 Å². The Hall–Kier alpha value is -1.67. The Bertz CT molecular complexity index is 1270. The number of phosphoric acid groups is 1. The molecule has 0 heterocycles. The molecule has 0 aromatic rings. The van der Waals surface area contributed by atoms with E-state index in [1.165, 1.54) is 148 Å². The van der Waals surface area contributed by atoms with Crippen LogP contribution in [0.15, 0.2) is 24.3 Å². The molecule has 1 fully saturated rings. The quantitative estimate of drug-likeness (QED) is 0.0145. The molecular weight excluding hydrogens is 876 g/mol. The number of hydrogen-bond acceptors (Lipinski definition) is 12. The second kappa shape index (κ2) is 43.1. The minimum Gasteiger partial charge on any atom is -0.462 e. The molecule has 6 N–H and O–H groups in total. The minimum absolute atomic E-state index is 0.0951. The van der Waals surface area contributed by atoms with E-state index >= 15 is 0 Å². The standard InChI is InChI=1S/C53H99O13P/c1-3-5-7-9-11-13-15-17-19-21-23-25-27-29-31-33-35-37-39-41-46(54)63-43-45(44-64-67(61,62)66-53-51(59)49(57)48(56)50(58)52(53)60)65-47(55)42-40-38-36-34-32-30-28-26-24-22-20-18-16-14-12-10-8-6-4-2/h12,14,18,20,45,48-53,56-60H,3-11,13,15-17,19,21-44H2,1-2H3,(H,61,62)/b14-12-,20-18-/t45-,48?,49-,50?,51?,52?,53?/m1/s1. The lowest BCUT2D eigenvalue weighted by Gasteiger charge is -2.41. The summed E-state index contributed by atoms with van der Waals surface area (Å²) < 4.78 is 33.7. The fraction of sp³-hybridized carbons (Fsp3) is 0.887. The highest BCUT2D eigenvalue weighted by atomic mass is 31.2. The third kappa shape index (κ3) is 35.1. The fourth-order valence-corrected chi connectivity index (χ4v) is 9.41. The second-order valence-corrected chi connectivity index (χ2v) is 20.5. The zero-order valence-corrected chi connectivity index (χ0v) is 43.1. The Labute approximate surface area is 406 Å². The summed E-state index contributed by atoms with van der Waals surface area (Å²) in [4.78, 5) is 35.9. The molecule has 1 aliphatic carbocycles. The molecule has 0 aromatic carbocycles. The van der Waals surface area contributed by atoms with E-state index in [0.717, 1.165) is 57.8 Å². The normalized spacial score (nSPS) is 21.3. The van der Waals surface area contributed by atoms with Crippen LogP contribution < -0.4 is 0 Å². The zero-order chi connectivity index (χ0) is 49.2. The summed E-state index contributed by atoms with van der Waals surface area (Å²) in [5.41, 5.74) is 0. The molecule has 0 spiro atoms. The van der Waals surface area contributed by atoms with Crippen LogP contribution in [0.5, 0.6) is 0 Å². The SMILES string of the molecule is CCCCC/C=C\C/C=C\CCCCCCCCCCCC(=O)O[C@H](COC(=O)CCCCCCCCCCCCCCCCCCCCC)COP(=O)(O)OC1C(O)C(O)C(O)[C@@H](O)C1O. The number of esters is 2. The number of phosphoric ester groups is 1. The smallest absolute Gasteiger partial charge is 0.462 e. The van der Waals surface area contributed by atoms with Crippen LogP contribution in [0.1, 0.15) is 245 Å². The van der Waals surface area contributed by atoms with Gasteiger partial charge in [0.15, 0.2) is 6.10 Å². The summed E-state index contributed by atoms with van der Waals surface area (Å²) in [7, 11) is -5.12. The average molecular weight is 975 g/mol. The molecule has 6 unspecified atom stereocenters. The van der Waals surface area contributed by atoms with Gasteiger partial charge in [0.2, 0.25) is 0 Å². The van der Waals surface area contributed by atoms with Crippen LogP contribution in [0.2, 0.25) is 0 Å². The van der Waals surface area contributed by atoms with Gasteiger partial charge >= 0.3 is 19.8 Å². The van der Waals surface area contributed by atoms with Crippen LogP contribution in [-0.2, 0) is 32.7 Å². The van der Waals surface area contributed by atoms with E-state index in [1.54, 1.807) is 0 Å². The van der Waals surface area contributed by atoms with Crippen LogP contribution in [0, 0.1) is 0 Å². The summed E-state index contributed by atoms with van der Waals surface area (Å²) in [6, 6.07) is 0. The summed E-state index contributed by atoms with van der Waals surface area (Å²) >= 11 is 0. The summed E-state index contributed by atoms with van der Waals surface area (Å²) in [6.45, 7) is 3.32. The Morgan fingerprint density at radius 3 is 1.24 bits per heavy atom. The Kier molecular flexibility index (Phi) is 40.8. The highest BCUT2D eigenvalue weighted by molar-refractivity contribution is 7.47. The van der Waals surface area contributed by atoms with Crippen LogP contribution in [-0.4, -0.2) is 98.3 Å². The number of aliphatic hydroxyl groups is 5. The van der Waals surface area contributed by atoms with Crippen LogP contribution in [0.4, 0.5) is 0 Å². The van der Waals surface area contributed by atoms with Gasteiger partial charge in [-0.1, -0.05) is 212 Å². The van der Waals surface area contributed by atoms with E-state index in [4.69, 9.17) is 18.5 Å². The first-order chi connectivity index (χ1) is 32.4. The van der Waals surface area contributed by atoms with Crippen molar-refractivity contribution >= 4 is 19.8 Å². The van der Waals surface area contributed by atoms with Crippen molar-refractivity contribution in [3.63, 3.8) is 0 Å². The predicted molar refractivity (Wildman–Crippen MR) is 267 cm³/mol. The minimum atomic E-state index is -5.12. The molecule has 0 saturated heterocycles. The second-order valence-electron chi connectivity index (χ2n) is 19.1. The first-order valence-corrected chi connectivity index (χ1v) is 28.6. The van der Waals surface area contributed by atoms with Gasteiger partial charge in [0.1, 0.15) is 43.2 Å². The van der Waals surface area contributed by atoms with Gasteiger partial charge in [0.05, 0.1) is 6.61 Å². The summed E-state index contributed by atoms with van der Waals surface area (Å²) in [6.07, 6.45) is 36.5. The number of hydrogen-bond donors (Lipinski definition) is 6. The van der Waals surface area contributed by atoms with E-state index < -0.39 is 75.7 Å². The van der Waals surface area contributed by atoms with Crippen molar-refractivity contribution in [1.82, 2.24) is 0 Å². The van der Waals surface area contributed by atoms with E-state index in [1.807, 2.05) is 0 Å². The number of unbranched alkanes of at least 4 members (excludes halogenated alkanes) is 30. The van der Waals surface area contributed by atoms with Crippen molar-refractivity contribution in [2.75, 3.05) is 13.2 Å². The molecule has 1 aliphatic rings. The first kappa shape index (κ1) is 63.3. The van der Waals surface area contributed by atoms with Crippen molar-refractivity contribution < 1.29 is 63.1 Å². The fourth-order valence-electron chi connectivity index (χ4n) is 8.44. The molecular formula is C53H99O13P. The molecule has 1 saturated carbocycles. The molecule has 1 rings (SSSR count). The number of allylic oxidation sites excluding steroid dienone is 4. The molecule has 14 heteroatoms. The third-order valence-corrected chi connectivity index (χ3v) is 13.8. The molecule has 8 atom stereocenters. The molecule has 394 valence electrons. The average Bonchev–Trinajstić information content (AvgIpc) is 3.31. The van der Waals surface area contributed by atoms with Crippen molar-refractivity contribution in [1.29, 1.82) is 0 Å². The maximum atomic E-state index is 12.9. The Balaban J connectivity index is 2.36. The van der Waals surface area contributed by atoms with Gasteiger partial charge in [0.25, 0.3) is 0 Å². The molecule has 0 aromatic heterocycles. The number of ether oxygens (including phenoxy) is 2. The largest absolute Gasteiger partial charge is 0.472 e. The van der Waals surface area contributed by atoms with Crippen molar-refractivity contribution in [3.05, 3.63) is 24.3 Å². The predicted octanol–water partition coefficient (Wildman–Crippen LogP) is 12.0. The molecule has 13 nitrogen and oxygen atoms in total. The molecule has 0 bridgehead atoms. The number of rotatable bonds is 46. The lowest BCUT2D eigenvalue weighted by molar-refractivity contribution is -0.220. The lowest BCUT2D eigenvalue weighted by atomic mass is 9.85. The zero-order valence-electron chi connectivity index (χ0n) is 42.2. The van der Waals surface area contributed by atoms with Gasteiger partial charge in [-0.15, -0.1) is 0 Å². The van der Waals surface area contributed by atoms with Crippen LogP contribution >= 0.6 is 7.82 Å². The van der Waals surface area contributed by atoms with Crippen molar-refractivity contribution in [2.45, 2.75) is 288 Å². The van der Waals surface area contributed by atoms with E-state index in [-0.39, 0.29) is 12.8 Å². The van der Waals surface area contributed by atoms with E-state index in [2.05, 4.69) is 38.2 Å². The van der Waals surface area contributed by atoms with Gasteiger partial charge < -0.3 is 39.9 Å². The third-order valence-electron chi connectivity index (χ3n) is 12.8.